The minimum Gasteiger partial charge on any atom is -0.463 e. The summed E-state index contributed by atoms with van der Waals surface area (Å²) >= 11 is 11.7. The number of alkyl halides is 2. The second-order valence-electron chi connectivity index (χ2n) is 2.88. The van der Waals surface area contributed by atoms with Crippen LogP contribution in [-0.2, 0) is 4.79 Å². The quantitative estimate of drug-likeness (QED) is 0.765. The van der Waals surface area contributed by atoms with E-state index in [0.29, 0.717) is 5.56 Å². The predicted octanol–water partition coefficient (Wildman–Crippen LogP) is 3.51. The van der Waals surface area contributed by atoms with Crippen LogP contribution in [-0.4, -0.2) is 12.6 Å². The molecule has 2 nitrogen and oxygen atoms in total. The molecule has 0 fully saturated rings. The lowest BCUT2D eigenvalue weighted by Crippen LogP contribution is -2.05. The van der Waals surface area contributed by atoms with Crippen molar-refractivity contribution in [3.63, 3.8) is 0 Å². The highest BCUT2D eigenvalue weighted by atomic mass is 35.5. The highest BCUT2D eigenvalue weighted by Gasteiger charge is 2.21. The predicted molar refractivity (Wildman–Crippen MR) is 57.3 cm³/mol. The zero-order valence-corrected chi connectivity index (χ0v) is 9.48. The highest BCUT2D eigenvalue weighted by molar-refractivity contribution is 6.36. The smallest absolute Gasteiger partial charge is 0.228 e. The van der Waals surface area contributed by atoms with E-state index >= 15 is 0 Å². The van der Waals surface area contributed by atoms with Gasteiger partial charge in [-0.25, -0.2) is 4.39 Å². The molecule has 0 aliphatic carbocycles. The van der Waals surface area contributed by atoms with Crippen LogP contribution in [0.15, 0.2) is 18.2 Å². The number of carbonyl (C=O) groups excluding carboxylic acids is 1. The van der Waals surface area contributed by atoms with Crippen LogP contribution in [0.2, 0.25) is 5.02 Å². The summed E-state index contributed by atoms with van der Waals surface area (Å²) in [7, 11) is 0. The Labute approximate surface area is 96.9 Å². The van der Waals surface area contributed by atoms with Gasteiger partial charge in [0.05, 0.1) is 0 Å². The molecule has 15 heavy (non-hydrogen) atoms. The summed E-state index contributed by atoms with van der Waals surface area (Å²) in [5.74, 6) is -0.0753. The van der Waals surface area contributed by atoms with Crippen molar-refractivity contribution < 1.29 is 13.9 Å². The number of hydrogen-bond acceptors (Lipinski definition) is 2. The maximum absolute atomic E-state index is 12.1. The van der Waals surface area contributed by atoms with Gasteiger partial charge in [-0.3, -0.25) is 4.79 Å². The third-order valence-corrected chi connectivity index (χ3v) is 2.69. The molecule has 1 aromatic carbocycles. The van der Waals surface area contributed by atoms with Crippen molar-refractivity contribution in [1.82, 2.24) is 0 Å². The standard InChI is InChI=1S/C10H9Cl2FO2/c1-6(14)10(12)9-7(11)3-2-4-8(9)15-5-13/h2-4,10H,5H2,1H3. The summed E-state index contributed by atoms with van der Waals surface area (Å²) in [5.41, 5.74) is 0.311. The van der Waals surface area contributed by atoms with Gasteiger partial charge in [-0.2, -0.15) is 0 Å². The fourth-order valence-electron chi connectivity index (χ4n) is 1.15. The Morgan fingerprint density at radius 2 is 2.27 bits per heavy atom. The minimum absolute atomic E-state index is 0.195. The van der Waals surface area contributed by atoms with E-state index in [0.717, 1.165) is 0 Å². The number of carbonyl (C=O) groups is 1. The molecule has 1 rings (SSSR count). The van der Waals surface area contributed by atoms with Gasteiger partial charge in [0.15, 0.2) is 5.78 Å². The van der Waals surface area contributed by atoms with Crippen LogP contribution in [0.1, 0.15) is 17.9 Å². The van der Waals surface area contributed by atoms with E-state index in [9.17, 15) is 9.18 Å². The van der Waals surface area contributed by atoms with E-state index in [1.807, 2.05) is 0 Å². The molecule has 0 saturated heterocycles. The number of rotatable bonds is 4. The lowest BCUT2D eigenvalue weighted by atomic mass is 10.1. The highest BCUT2D eigenvalue weighted by Crippen LogP contribution is 2.36. The summed E-state index contributed by atoms with van der Waals surface area (Å²) in [6.07, 6.45) is 0. The monoisotopic (exact) mass is 250 g/mol. The minimum atomic E-state index is -0.991. The number of halogens is 3. The fraction of sp³-hybridized carbons (Fsp3) is 0.300. The van der Waals surface area contributed by atoms with Crippen LogP contribution >= 0.6 is 23.2 Å². The largest absolute Gasteiger partial charge is 0.463 e. The molecule has 0 N–H and O–H groups in total. The average molecular weight is 251 g/mol. The van der Waals surface area contributed by atoms with E-state index < -0.39 is 12.2 Å². The molecule has 5 heteroatoms. The van der Waals surface area contributed by atoms with Crippen LogP contribution in [0, 0.1) is 0 Å². The molecular weight excluding hydrogens is 242 g/mol. The number of Topliss-reactive ketones (excluding diaryl/α,β-unsaturated/α-hetero) is 1. The molecule has 0 bridgehead atoms. The summed E-state index contributed by atoms with van der Waals surface area (Å²) < 4.78 is 16.8. The topological polar surface area (TPSA) is 26.3 Å². The van der Waals surface area contributed by atoms with Crippen LogP contribution < -0.4 is 4.74 Å². The molecule has 0 saturated carbocycles. The lowest BCUT2D eigenvalue weighted by molar-refractivity contribution is -0.116. The molecule has 0 amide bonds. The van der Waals surface area contributed by atoms with E-state index in [-0.39, 0.29) is 16.6 Å². The summed E-state index contributed by atoms with van der Waals surface area (Å²) in [5, 5.41) is -0.628. The van der Waals surface area contributed by atoms with Crippen molar-refractivity contribution in [1.29, 1.82) is 0 Å². The Morgan fingerprint density at radius 1 is 1.60 bits per heavy atom. The van der Waals surface area contributed by atoms with Gasteiger partial charge in [0.25, 0.3) is 0 Å². The molecule has 1 atom stereocenters. The second kappa shape index (κ2) is 5.33. The van der Waals surface area contributed by atoms with Gasteiger partial charge in [0, 0.05) is 10.6 Å². The van der Waals surface area contributed by atoms with Crippen LogP contribution in [0.4, 0.5) is 4.39 Å². The van der Waals surface area contributed by atoms with Gasteiger partial charge in [-0.05, 0) is 19.1 Å². The number of ether oxygens (including phenoxy) is 1. The van der Waals surface area contributed by atoms with Crippen molar-refractivity contribution in [2.24, 2.45) is 0 Å². The summed E-state index contributed by atoms with van der Waals surface area (Å²) in [6, 6.07) is 4.68. The first-order chi connectivity index (χ1) is 7.07. The maximum Gasteiger partial charge on any atom is 0.228 e. The van der Waals surface area contributed by atoms with E-state index in [1.54, 1.807) is 12.1 Å². The van der Waals surface area contributed by atoms with Gasteiger partial charge in [-0.1, -0.05) is 17.7 Å². The first kappa shape index (κ1) is 12.3. The number of ketones is 1. The average Bonchev–Trinajstić information content (AvgIpc) is 2.17. The first-order valence-electron chi connectivity index (χ1n) is 4.19. The Bertz CT molecular complexity index is 368. The third kappa shape index (κ3) is 2.83. The second-order valence-corrected chi connectivity index (χ2v) is 3.72. The zero-order valence-electron chi connectivity index (χ0n) is 7.97. The van der Waals surface area contributed by atoms with Gasteiger partial charge in [-0.15, -0.1) is 11.6 Å². The molecule has 0 spiro atoms. The zero-order chi connectivity index (χ0) is 11.4. The van der Waals surface area contributed by atoms with Crippen LogP contribution in [0.5, 0.6) is 5.75 Å². The Balaban J connectivity index is 3.17. The van der Waals surface area contributed by atoms with Crippen LogP contribution in [0.25, 0.3) is 0 Å². The molecule has 1 aromatic rings. The third-order valence-electron chi connectivity index (χ3n) is 1.83. The van der Waals surface area contributed by atoms with Crippen molar-refractivity contribution in [3.05, 3.63) is 28.8 Å². The van der Waals surface area contributed by atoms with Gasteiger partial charge >= 0.3 is 0 Å². The number of hydrogen-bond donors (Lipinski definition) is 0. The Hall–Kier alpha value is -0.800. The van der Waals surface area contributed by atoms with E-state index in [1.165, 1.54) is 13.0 Å². The molecule has 0 aromatic heterocycles. The SMILES string of the molecule is CC(=O)C(Cl)c1c(Cl)cccc1OCF. The molecular formula is C10H9Cl2FO2. The Kier molecular flexibility index (Phi) is 4.36. The summed E-state index contributed by atoms with van der Waals surface area (Å²) in [4.78, 5) is 11.1. The number of benzene rings is 1. The molecule has 1 unspecified atom stereocenters. The van der Waals surface area contributed by atoms with Crippen LogP contribution in [0.3, 0.4) is 0 Å². The van der Waals surface area contributed by atoms with E-state index in [2.05, 4.69) is 0 Å². The molecule has 0 heterocycles. The molecule has 0 radical (unpaired) electrons. The Morgan fingerprint density at radius 3 is 2.80 bits per heavy atom. The van der Waals surface area contributed by atoms with Crippen molar-refractivity contribution in [2.75, 3.05) is 6.86 Å². The normalized spacial score (nSPS) is 12.3. The van der Waals surface area contributed by atoms with Gasteiger partial charge < -0.3 is 4.74 Å². The summed E-state index contributed by atoms with van der Waals surface area (Å²) in [6.45, 7) is 0.342. The molecule has 0 aliphatic heterocycles. The van der Waals surface area contributed by atoms with Crippen molar-refractivity contribution in [2.45, 2.75) is 12.3 Å². The maximum atomic E-state index is 12.1. The van der Waals surface area contributed by atoms with E-state index in [4.69, 9.17) is 27.9 Å². The molecule has 0 aliphatic rings. The first-order valence-corrected chi connectivity index (χ1v) is 5.01. The van der Waals surface area contributed by atoms with Crippen molar-refractivity contribution >= 4 is 29.0 Å². The van der Waals surface area contributed by atoms with Crippen molar-refractivity contribution in [3.8, 4) is 5.75 Å². The fourth-order valence-corrected chi connectivity index (χ4v) is 1.71. The molecule has 82 valence electrons. The van der Waals surface area contributed by atoms with Gasteiger partial charge in [0.1, 0.15) is 11.1 Å². The van der Waals surface area contributed by atoms with Gasteiger partial charge in [0.2, 0.25) is 6.86 Å². The lowest BCUT2D eigenvalue weighted by Gasteiger charge is -2.13.